The van der Waals surface area contributed by atoms with Crippen LogP contribution in [0.3, 0.4) is 0 Å². The largest absolute Gasteiger partial charge is 0.298 e. The van der Waals surface area contributed by atoms with E-state index >= 15 is 0 Å². The zero-order valence-corrected chi connectivity index (χ0v) is 10.4. The molecule has 1 heterocycles. The topological polar surface area (TPSA) is 53.6 Å². The SMILES string of the molecule is CCC(C#N)NCc1ccccc1-n1cccn1. The van der Waals surface area contributed by atoms with Gasteiger partial charge in [0, 0.05) is 18.9 Å². The van der Waals surface area contributed by atoms with Crippen molar-refractivity contribution >= 4 is 0 Å². The lowest BCUT2D eigenvalue weighted by Gasteiger charge is -2.12. The first kappa shape index (κ1) is 12.3. The molecule has 1 aromatic heterocycles. The van der Waals surface area contributed by atoms with Gasteiger partial charge < -0.3 is 0 Å². The molecule has 1 N–H and O–H groups in total. The number of aromatic nitrogens is 2. The number of benzene rings is 1. The van der Waals surface area contributed by atoms with Gasteiger partial charge in [-0.25, -0.2) is 4.68 Å². The van der Waals surface area contributed by atoms with Crippen LogP contribution >= 0.6 is 0 Å². The molecule has 0 aliphatic heterocycles. The summed E-state index contributed by atoms with van der Waals surface area (Å²) in [5.41, 5.74) is 2.18. The summed E-state index contributed by atoms with van der Waals surface area (Å²) < 4.78 is 1.84. The lowest BCUT2D eigenvalue weighted by molar-refractivity contribution is 0.585. The van der Waals surface area contributed by atoms with Crippen LogP contribution in [0.4, 0.5) is 0 Å². The van der Waals surface area contributed by atoms with Crippen molar-refractivity contribution in [2.45, 2.75) is 25.9 Å². The molecule has 0 amide bonds. The van der Waals surface area contributed by atoms with Crippen LogP contribution in [0.15, 0.2) is 42.7 Å². The van der Waals surface area contributed by atoms with Crippen LogP contribution < -0.4 is 5.32 Å². The minimum atomic E-state index is -0.101. The zero-order chi connectivity index (χ0) is 12.8. The zero-order valence-electron chi connectivity index (χ0n) is 10.4. The summed E-state index contributed by atoms with van der Waals surface area (Å²) in [5.74, 6) is 0. The van der Waals surface area contributed by atoms with Crippen LogP contribution in [-0.4, -0.2) is 15.8 Å². The van der Waals surface area contributed by atoms with Crippen LogP contribution in [0, 0.1) is 11.3 Å². The van der Waals surface area contributed by atoms with E-state index in [1.165, 1.54) is 0 Å². The number of nitrogens with one attached hydrogen (secondary N) is 1. The first-order chi connectivity index (χ1) is 8.85. The molecule has 0 fully saturated rings. The molecule has 0 radical (unpaired) electrons. The van der Waals surface area contributed by atoms with E-state index in [-0.39, 0.29) is 6.04 Å². The molecule has 4 heteroatoms. The van der Waals surface area contributed by atoms with Gasteiger partial charge in [0.25, 0.3) is 0 Å². The number of nitriles is 1. The summed E-state index contributed by atoms with van der Waals surface area (Å²) in [6.45, 7) is 2.67. The Bertz CT molecular complexity index is 525. The van der Waals surface area contributed by atoms with E-state index in [4.69, 9.17) is 5.26 Å². The third-order valence-electron chi connectivity index (χ3n) is 2.85. The summed E-state index contributed by atoms with van der Waals surface area (Å²) in [5, 5.41) is 16.4. The summed E-state index contributed by atoms with van der Waals surface area (Å²) in [7, 11) is 0. The third kappa shape index (κ3) is 2.76. The van der Waals surface area contributed by atoms with Gasteiger partial charge in [-0.3, -0.25) is 5.32 Å². The third-order valence-corrected chi connectivity index (χ3v) is 2.85. The van der Waals surface area contributed by atoms with Crippen molar-refractivity contribution < 1.29 is 0 Å². The molecule has 0 aliphatic carbocycles. The van der Waals surface area contributed by atoms with Crippen molar-refractivity contribution in [1.82, 2.24) is 15.1 Å². The Kier molecular flexibility index (Phi) is 4.11. The number of rotatable bonds is 5. The second-order valence-electron chi connectivity index (χ2n) is 4.05. The Morgan fingerprint density at radius 2 is 2.22 bits per heavy atom. The highest BCUT2D eigenvalue weighted by Gasteiger charge is 2.07. The number of para-hydroxylation sites is 1. The van der Waals surface area contributed by atoms with Crippen LogP contribution in [0.25, 0.3) is 5.69 Å². The fourth-order valence-corrected chi connectivity index (χ4v) is 1.81. The fourth-order valence-electron chi connectivity index (χ4n) is 1.81. The standard InChI is InChI=1S/C14H16N4/c1-2-13(10-15)16-11-12-6-3-4-7-14(12)18-9-5-8-17-18/h3-9,13,16H,2,11H2,1H3. The molecule has 0 saturated heterocycles. The second kappa shape index (κ2) is 5.99. The maximum absolute atomic E-state index is 8.93. The van der Waals surface area contributed by atoms with Crippen LogP contribution in [-0.2, 0) is 6.54 Å². The number of hydrogen-bond donors (Lipinski definition) is 1. The highest BCUT2D eigenvalue weighted by Crippen LogP contribution is 2.13. The second-order valence-corrected chi connectivity index (χ2v) is 4.05. The van der Waals surface area contributed by atoms with Gasteiger partial charge in [-0.05, 0) is 24.1 Å². The molecule has 2 aromatic rings. The van der Waals surface area contributed by atoms with E-state index in [9.17, 15) is 0 Å². The monoisotopic (exact) mass is 240 g/mol. The van der Waals surface area contributed by atoms with E-state index in [1.54, 1.807) is 6.20 Å². The molecule has 0 spiro atoms. The maximum atomic E-state index is 8.93. The molecule has 1 aromatic carbocycles. The van der Waals surface area contributed by atoms with Gasteiger partial charge in [-0.15, -0.1) is 0 Å². The Hall–Kier alpha value is -2.12. The molecule has 1 atom stereocenters. The highest BCUT2D eigenvalue weighted by atomic mass is 15.3. The molecular weight excluding hydrogens is 224 g/mol. The van der Waals surface area contributed by atoms with Crippen LogP contribution in [0.5, 0.6) is 0 Å². The quantitative estimate of drug-likeness (QED) is 0.872. The van der Waals surface area contributed by atoms with Gasteiger partial charge in [0.05, 0.1) is 17.8 Å². The van der Waals surface area contributed by atoms with E-state index in [0.29, 0.717) is 6.54 Å². The van der Waals surface area contributed by atoms with Gasteiger partial charge >= 0.3 is 0 Å². The lowest BCUT2D eigenvalue weighted by Crippen LogP contribution is -2.26. The minimum absolute atomic E-state index is 0.101. The van der Waals surface area contributed by atoms with Crippen molar-refractivity contribution in [2.24, 2.45) is 0 Å². The van der Waals surface area contributed by atoms with E-state index in [1.807, 2.05) is 48.1 Å². The maximum Gasteiger partial charge on any atom is 0.0952 e. The molecule has 0 bridgehead atoms. The molecule has 18 heavy (non-hydrogen) atoms. The summed E-state index contributed by atoms with van der Waals surface area (Å²) in [6.07, 6.45) is 4.48. The Morgan fingerprint density at radius 1 is 1.39 bits per heavy atom. The van der Waals surface area contributed by atoms with E-state index < -0.39 is 0 Å². The summed E-state index contributed by atoms with van der Waals surface area (Å²) in [6, 6.07) is 12.1. The lowest BCUT2D eigenvalue weighted by atomic mass is 10.1. The molecule has 0 aliphatic rings. The minimum Gasteiger partial charge on any atom is -0.298 e. The Labute approximate surface area is 107 Å². The molecule has 4 nitrogen and oxygen atoms in total. The van der Waals surface area contributed by atoms with Crippen molar-refractivity contribution in [3.8, 4) is 11.8 Å². The van der Waals surface area contributed by atoms with Gasteiger partial charge in [-0.2, -0.15) is 10.4 Å². The summed E-state index contributed by atoms with van der Waals surface area (Å²) >= 11 is 0. The van der Waals surface area contributed by atoms with E-state index in [0.717, 1.165) is 17.7 Å². The Balaban J connectivity index is 2.16. The van der Waals surface area contributed by atoms with Crippen LogP contribution in [0.1, 0.15) is 18.9 Å². The predicted molar refractivity (Wildman–Crippen MR) is 70.1 cm³/mol. The predicted octanol–water partition coefficient (Wildman–Crippen LogP) is 2.26. The van der Waals surface area contributed by atoms with Gasteiger partial charge in [0.1, 0.15) is 0 Å². The van der Waals surface area contributed by atoms with Gasteiger partial charge in [0.2, 0.25) is 0 Å². The smallest absolute Gasteiger partial charge is 0.0952 e. The Morgan fingerprint density at radius 3 is 2.89 bits per heavy atom. The molecular formula is C14H16N4. The normalized spacial score (nSPS) is 12.0. The van der Waals surface area contributed by atoms with Gasteiger partial charge in [-0.1, -0.05) is 25.1 Å². The number of nitrogens with zero attached hydrogens (tertiary/aromatic N) is 3. The molecule has 2 rings (SSSR count). The molecule has 92 valence electrons. The highest BCUT2D eigenvalue weighted by molar-refractivity contribution is 5.40. The average Bonchev–Trinajstić information content (AvgIpc) is 2.94. The van der Waals surface area contributed by atoms with Gasteiger partial charge in [0.15, 0.2) is 0 Å². The molecule has 1 unspecified atom stereocenters. The fraction of sp³-hybridized carbons (Fsp3) is 0.286. The van der Waals surface area contributed by atoms with Crippen molar-refractivity contribution in [3.05, 3.63) is 48.3 Å². The van der Waals surface area contributed by atoms with Crippen molar-refractivity contribution in [2.75, 3.05) is 0 Å². The summed E-state index contributed by atoms with van der Waals surface area (Å²) in [4.78, 5) is 0. The van der Waals surface area contributed by atoms with Crippen molar-refractivity contribution in [1.29, 1.82) is 5.26 Å². The first-order valence-electron chi connectivity index (χ1n) is 6.06. The first-order valence-corrected chi connectivity index (χ1v) is 6.06. The average molecular weight is 240 g/mol. The van der Waals surface area contributed by atoms with E-state index in [2.05, 4.69) is 16.5 Å². The number of hydrogen-bond acceptors (Lipinski definition) is 3. The van der Waals surface area contributed by atoms with Crippen LogP contribution in [0.2, 0.25) is 0 Å². The van der Waals surface area contributed by atoms with Crippen molar-refractivity contribution in [3.63, 3.8) is 0 Å². The molecule has 0 saturated carbocycles.